The highest BCUT2D eigenvalue weighted by atomic mass is 32.2. The van der Waals surface area contributed by atoms with Crippen molar-refractivity contribution in [3.8, 4) is 0 Å². The van der Waals surface area contributed by atoms with Crippen molar-refractivity contribution in [1.82, 2.24) is 4.98 Å². The summed E-state index contributed by atoms with van der Waals surface area (Å²) < 4.78 is 0. The number of hydrogen-bond donors (Lipinski definition) is 1. The average Bonchev–Trinajstić information content (AvgIpc) is 3.19. The molecule has 5 atom stereocenters. The van der Waals surface area contributed by atoms with Crippen LogP contribution in [0.4, 0.5) is 0 Å². The number of thiazole rings is 1. The topological polar surface area (TPSA) is 32.9 Å². The first-order valence-corrected chi connectivity index (χ1v) is 9.86. The normalized spacial score (nSPS) is 35.4. The number of nitrogens with one attached hydrogen (secondary N) is 1. The Kier molecular flexibility index (Phi) is 2.90. The monoisotopic (exact) mass is 329 g/mol. The SMILES string of the molecule is Cc1ccc([C@H]2c3sc(=O)[nH]c3S[C@H]3[C@@H]4CC[C@@H](C4)[C@H]23)cc1. The molecule has 0 saturated heterocycles. The van der Waals surface area contributed by atoms with Gasteiger partial charge in [-0.1, -0.05) is 41.2 Å². The fraction of sp³-hybridized carbons (Fsp3) is 0.500. The molecule has 5 rings (SSSR count). The summed E-state index contributed by atoms with van der Waals surface area (Å²) in [6.07, 6.45) is 4.19. The van der Waals surface area contributed by atoms with E-state index in [0.717, 1.165) is 22.8 Å². The predicted octanol–water partition coefficient (Wildman–Crippen LogP) is 4.40. The minimum absolute atomic E-state index is 0.113. The molecule has 0 radical (unpaired) electrons. The highest BCUT2D eigenvalue weighted by Gasteiger charge is 2.54. The number of fused-ring (bicyclic) bond motifs is 6. The molecule has 2 bridgehead atoms. The lowest BCUT2D eigenvalue weighted by Crippen LogP contribution is -2.33. The van der Waals surface area contributed by atoms with Crippen molar-refractivity contribution in [2.24, 2.45) is 17.8 Å². The van der Waals surface area contributed by atoms with E-state index in [9.17, 15) is 4.79 Å². The molecule has 1 N–H and O–H groups in total. The van der Waals surface area contributed by atoms with E-state index in [1.165, 1.54) is 46.6 Å². The molecule has 2 saturated carbocycles. The molecule has 1 aromatic carbocycles. The molecule has 2 nitrogen and oxygen atoms in total. The molecule has 2 aromatic rings. The van der Waals surface area contributed by atoms with E-state index in [1.807, 2.05) is 11.8 Å². The number of H-pyrrole nitrogens is 1. The number of thioether (sulfide) groups is 1. The minimum atomic E-state index is 0.113. The Labute approximate surface area is 138 Å². The van der Waals surface area contributed by atoms with Gasteiger partial charge in [0.25, 0.3) is 0 Å². The van der Waals surface area contributed by atoms with E-state index < -0.39 is 0 Å². The first kappa shape index (κ1) is 13.4. The number of aryl methyl sites for hydroxylation is 1. The maximum atomic E-state index is 11.9. The molecule has 0 amide bonds. The smallest absolute Gasteiger partial charge is 0.305 e. The van der Waals surface area contributed by atoms with E-state index >= 15 is 0 Å². The molecule has 3 aliphatic rings. The molecule has 114 valence electrons. The number of aromatic amines is 1. The van der Waals surface area contributed by atoms with E-state index in [0.29, 0.717) is 11.2 Å². The summed E-state index contributed by atoms with van der Waals surface area (Å²) >= 11 is 3.41. The molecule has 0 spiro atoms. The summed E-state index contributed by atoms with van der Waals surface area (Å²) in [5.74, 6) is 2.88. The summed E-state index contributed by atoms with van der Waals surface area (Å²) in [6, 6.07) is 9.00. The second kappa shape index (κ2) is 4.75. The summed E-state index contributed by atoms with van der Waals surface area (Å²) in [6.45, 7) is 2.14. The van der Waals surface area contributed by atoms with Crippen molar-refractivity contribution >= 4 is 23.1 Å². The number of aromatic nitrogens is 1. The van der Waals surface area contributed by atoms with Gasteiger partial charge in [-0.05, 0) is 49.5 Å². The van der Waals surface area contributed by atoms with Gasteiger partial charge in [-0.3, -0.25) is 4.79 Å². The van der Waals surface area contributed by atoms with Crippen molar-refractivity contribution in [1.29, 1.82) is 0 Å². The van der Waals surface area contributed by atoms with Crippen LogP contribution < -0.4 is 4.87 Å². The quantitative estimate of drug-likeness (QED) is 0.841. The standard InChI is InChI=1S/C18H19NOS2/c1-9-2-4-10(5-3-9)13-14-11-6-7-12(8-11)15(14)21-17-16(13)22-18(20)19-17/h2-5,11-15H,6-8H2,1H3,(H,19,20)/t11-,12+,13+,14+,15-/m0/s1. The van der Waals surface area contributed by atoms with Crippen LogP contribution in [0.2, 0.25) is 0 Å². The second-order valence-electron chi connectivity index (χ2n) is 7.09. The van der Waals surface area contributed by atoms with Gasteiger partial charge in [-0.2, -0.15) is 0 Å². The summed E-state index contributed by atoms with van der Waals surface area (Å²) in [5, 5.41) is 1.87. The van der Waals surface area contributed by atoms with E-state index in [1.54, 1.807) is 0 Å². The Balaban J connectivity index is 1.68. The Hall–Kier alpha value is -1.000. The highest BCUT2D eigenvalue weighted by molar-refractivity contribution is 8.00. The van der Waals surface area contributed by atoms with Crippen LogP contribution in [0, 0.1) is 24.7 Å². The molecule has 4 heteroatoms. The van der Waals surface area contributed by atoms with Gasteiger partial charge in [0.1, 0.15) is 0 Å². The van der Waals surface area contributed by atoms with E-state index in [-0.39, 0.29) is 4.87 Å². The van der Waals surface area contributed by atoms with Gasteiger partial charge in [0.2, 0.25) is 0 Å². The third-order valence-electron chi connectivity index (χ3n) is 5.90. The Morgan fingerprint density at radius 2 is 1.91 bits per heavy atom. The highest BCUT2D eigenvalue weighted by Crippen LogP contribution is 2.63. The first-order valence-electron chi connectivity index (χ1n) is 8.17. The van der Waals surface area contributed by atoms with Crippen LogP contribution in [0.15, 0.2) is 34.1 Å². The van der Waals surface area contributed by atoms with E-state index in [4.69, 9.17) is 0 Å². The fourth-order valence-corrected chi connectivity index (χ4v) is 7.89. The lowest BCUT2D eigenvalue weighted by molar-refractivity contribution is 0.307. The summed E-state index contributed by atoms with van der Waals surface area (Å²) in [7, 11) is 0. The van der Waals surface area contributed by atoms with Crippen molar-refractivity contribution < 1.29 is 0 Å². The molecule has 2 aliphatic carbocycles. The maximum Gasteiger partial charge on any atom is 0.305 e. The third-order valence-corrected chi connectivity index (χ3v) is 8.53. The van der Waals surface area contributed by atoms with Crippen LogP contribution in [-0.4, -0.2) is 10.2 Å². The van der Waals surface area contributed by atoms with Gasteiger partial charge in [0.05, 0.1) is 5.03 Å². The molecule has 1 aliphatic heterocycles. The minimum Gasteiger partial charge on any atom is -0.307 e. The van der Waals surface area contributed by atoms with Gasteiger partial charge >= 0.3 is 4.87 Å². The number of hydrogen-bond acceptors (Lipinski definition) is 3. The number of benzene rings is 1. The lowest BCUT2D eigenvalue weighted by Gasteiger charge is -2.40. The third kappa shape index (κ3) is 1.83. The van der Waals surface area contributed by atoms with Crippen molar-refractivity contribution in [2.45, 2.75) is 42.4 Å². The molecule has 2 heterocycles. The zero-order valence-corrected chi connectivity index (χ0v) is 14.2. The summed E-state index contributed by atoms with van der Waals surface area (Å²) in [4.78, 5) is 16.5. The van der Waals surface area contributed by atoms with E-state index in [2.05, 4.69) is 36.2 Å². The van der Waals surface area contributed by atoms with Crippen LogP contribution in [0.3, 0.4) is 0 Å². The first-order chi connectivity index (χ1) is 10.7. The van der Waals surface area contributed by atoms with Gasteiger partial charge in [0, 0.05) is 16.0 Å². The van der Waals surface area contributed by atoms with Gasteiger partial charge in [0.15, 0.2) is 0 Å². The van der Waals surface area contributed by atoms with Crippen LogP contribution in [-0.2, 0) is 0 Å². The van der Waals surface area contributed by atoms with Crippen molar-refractivity contribution in [3.63, 3.8) is 0 Å². The Morgan fingerprint density at radius 1 is 1.14 bits per heavy atom. The second-order valence-corrected chi connectivity index (χ2v) is 9.29. The average molecular weight is 329 g/mol. The molecule has 22 heavy (non-hydrogen) atoms. The Morgan fingerprint density at radius 3 is 2.73 bits per heavy atom. The van der Waals surface area contributed by atoms with Gasteiger partial charge in [-0.15, -0.1) is 11.8 Å². The zero-order valence-electron chi connectivity index (χ0n) is 12.5. The molecular weight excluding hydrogens is 310 g/mol. The molecule has 1 aromatic heterocycles. The van der Waals surface area contributed by atoms with Crippen LogP contribution in [0.1, 0.15) is 41.2 Å². The zero-order chi connectivity index (χ0) is 14.8. The summed E-state index contributed by atoms with van der Waals surface area (Å²) in [5.41, 5.74) is 2.71. The predicted molar refractivity (Wildman–Crippen MR) is 91.9 cm³/mol. The molecule has 0 unspecified atom stereocenters. The fourth-order valence-electron chi connectivity index (χ4n) is 5.00. The largest absolute Gasteiger partial charge is 0.307 e. The van der Waals surface area contributed by atoms with Gasteiger partial charge in [-0.25, -0.2) is 0 Å². The molecule has 2 fully saturated rings. The maximum absolute atomic E-state index is 11.9. The van der Waals surface area contributed by atoms with Gasteiger partial charge < -0.3 is 4.98 Å². The van der Waals surface area contributed by atoms with Crippen LogP contribution in [0.25, 0.3) is 0 Å². The van der Waals surface area contributed by atoms with Crippen molar-refractivity contribution in [3.05, 3.63) is 49.9 Å². The van der Waals surface area contributed by atoms with Crippen LogP contribution >= 0.6 is 23.1 Å². The number of rotatable bonds is 1. The lowest BCUT2D eigenvalue weighted by atomic mass is 9.75. The molecular formula is C18H19NOS2. The Bertz CT molecular complexity index is 775. The van der Waals surface area contributed by atoms with Crippen molar-refractivity contribution in [2.75, 3.05) is 0 Å². The van der Waals surface area contributed by atoms with Crippen LogP contribution in [0.5, 0.6) is 0 Å².